The Bertz CT molecular complexity index is 473. The SMILES string of the molecule is CNC(C(=O)Oc1ccc(CC(=O)OCI)cc1)C(C)C. The number of benzene rings is 1. The number of carbonyl (C=O) groups is 2. The smallest absolute Gasteiger partial charge is 0.328 e. The summed E-state index contributed by atoms with van der Waals surface area (Å²) < 4.78 is 10.5. The highest BCUT2D eigenvalue weighted by Crippen LogP contribution is 2.15. The second-order valence-electron chi connectivity index (χ2n) is 4.88. The molecule has 0 spiro atoms. The summed E-state index contributed by atoms with van der Waals surface area (Å²) in [7, 11) is 1.73. The van der Waals surface area contributed by atoms with E-state index in [1.54, 1.807) is 31.3 Å². The Hall–Kier alpha value is -1.15. The molecule has 1 aromatic carbocycles. The molecule has 21 heavy (non-hydrogen) atoms. The van der Waals surface area contributed by atoms with Crippen molar-refractivity contribution in [3.05, 3.63) is 29.8 Å². The molecule has 1 aromatic rings. The van der Waals surface area contributed by atoms with E-state index in [0.717, 1.165) is 5.56 Å². The number of ether oxygens (including phenoxy) is 2. The molecule has 1 N–H and O–H groups in total. The largest absolute Gasteiger partial charge is 0.455 e. The Kier molecular flexibility index (Phi) is 7.66. The molecule has 5 nitrogen and oxygen atoms in total. The maximum absolute atomic E-state index is 12.0. The summed E-state index contributed by atoms with van der Waals surface area (Å²) in [5.41, 5.74) is 0.818. The van der Waals surface area contributed by atoms with Crippen LogP contribution in [0.3, 0.4) is 0 Å². The van der Waals surface area contributed by atoms with Crippen LogP contribution in [0, 0.1) is 5.92 Å². The molecule has 0 aliphatic carbocycles. The number of alkyl halides is 1. The highest BCUT2D eigenvalue weighted by atomic mass is 127. The number of halogens is 1. The summed E-state index contributed by atoms with van der Waals surface area (Å²) >= 11 is 1.97. The standard InChI is InChI=1S/C15H20INO4/c1-10(2)14(17-3)15(19)21-12-6-4-11(5-7-12)8-13(18)20-9-16/h4-7,10,14,17H,8-9H2,1-3H3. The van der Waals surface area contributed by atoms with Gasteiger partial charge in [0.25, 0.3) is 0 Å². The van der Waals surface area contributed by atoms with Crippen LogP contribution < -0.4 is 10.1 Å². The van der Waals surface area contributed by atoms with E-state index in [2.05, 4.69) is 5.32 Å². The minimum atomic E-state index is -0.344. The zero-order chi connectivity index (χ0) is 15.8. The van der Waals surface area contributed by atoms with Gasteiger partial charge in [-0.2, -0.15) is 0 Å². The van der Waals surface area contributed by atoms with Crippen LogP contribution in [0.2, 0.25) is 0 Å². The average Bonchev–Trinajstić information content (AvgIpc) is 2.41. The van der Waals surface area contributed by atoms with Gasteiger partial charge in [-0.3, -0.25) is 4.79 Å². The van der Waals surface area contributed by atoms with Crippen molar-refractivity contribution in [1.82, 2.24) is 5.32 Å². The molecule has 6 heteroatoms. The highest BCUT2D eigenvalue weighted by Gasteiger charge is 2.22. The lowest BCUT2D eigenvalue weighted by Gasteiger charge is -2.18. The molecule has 1 atom stereocenters. The van der Waals surface area contributed by atoms with E-state index in [1.807, 2.05) is 36.4 Å². The molecular weight excluding hydrogens is 385 g/mol. The Labute approximate surface area is 138 Å². The molecule has 0 bridgehead atoms. The zero-order valence-electron chi connectivity index (χ0n) is 12.4. The number of nitrogens with one attached hydrogen (secondary N) is 1. The zero-order valence-corrected chi connectivity index (χ0v) is 14.5. The fourth-order valence-corrected chi connectivity index (χ4v) is 2.20. The predicted octanol–water partition coefficient (Wildman–Crippen LogP) is 2.31. The van der Waals surface area contributed by atoms with Crippen molar-refractivity contribution < 1.29 is 19.1 Å². The van der Waals surface area contributed by atoms with Crippen LogP contribution >= 0.6 is 22.6 Å². The molecule has 0 saturated heterocycles. The van der Waals surface area contributed by atoms with Crippen LogP contribution in [0.1, 0.15) is 19.4 Å². The summed E-state index contributed by atoms with van der Waals surface area (Å²) in [4.78, 5) is 23.3. The number of hydrogen-bond acceptors (Lipinski definition) is 5. The van der Waals surface area contributed by atoms with Gasteiger partial charge in [0.2, 0.25) is 0 Å². The van der Waals surface area contributed by atoms with Gasteiger partial charge in [0.05, 0.1) is 6.42 Å². The summed E-state index contributed by atoms with van der Waals surface area (Å²) in [6.45, 7) is 3.90. The molecule has 116 valence electrons. The van der Waals surface area contributed by atoms with Crippen molar-refractivity contribution in [2.75, 3.05) is 11.7 Å². The van der Waals surface area contributed by atoms with E-state index >= 15 is 0 Å². The van der Waals surface area contributed by atoms with Crippen LogP contribution in [0.25, 0.3) is 0 Å². The fourth-order valence-electron chi connectivity index (χ4n) is 1.86. The molecule has 1 unspecified atom stereocenters. The topological polar surface area (TPSA) is 64.6 Å². The number of esters is 2. The highest BCUT2D eigenvalue weighted by molar-refractivity contribution is 14.1. The van der Waals surface area contributed by atoms with Crippen LogP contribution in [0.15, 0.2) is 24.3 Å². The normalized spacial score (nSPS) is 12.0. The molecule has 0 heterocycles. The molecule has 0 saturated carbocycles. The maximum Gasteiger partial charge on any atom is 0.328 e. The lowest BCUT2D eigenvalue weighted by atomic mass is 10.1. The Morgan fingerprint density at radius 2 is 1.86 bits per heavy atom. The number of carbonyl (C=O) groups excluding carboxylic acids is 2. The fraction of sp³-hybridized carbons (Fsp3) is 0.467. The third-order valence-corrected chi connectivity index (χ3v) is 3.25. The molecular formula is C15H20INO4. The lowest BCUT2D eigenvalue weighted by molar-refractivity contribution is -0.140. The van der Waals surface area contributed by atoms with E-state index in [-0.39, 0.29) is 30.3 Å². The van der Waals surface area contributed by atoms with Gasteiger partial charge < -0.3 is 14.8 Å². The van der Waals surface area contributed by atoms with Crippen molar-refractivity contribution in [1.29, 1.82) is 0 Å². The summed E-state index contributed by atoms with van der Waals surface area (Å²) in [5, 5.41) is 2.94. The van der Waals surface area contributed by atoms with Crippen molar-refractivity contribution in [2.45, 2.75) is 26.3 Å². The third kappa shape index (κ3) is 6.01. The first-order chi connectivity index (χ1) is 9.97. The van der Waals surface area contributed by atoms with E-state index in [1.165, 1.54) is 0 Å². The second-order valence-corrected chi connectivity index (χ2v) is 5.50. The number of hydrogen-bond donors (Lipinski definition) is 1. The van der Waals surface area contributed by atoms with Crippen LogP contribution in [0.4, 0.5) is 0 Å². The average molecular weight is 405 g/mol. The van der Waals surface area contributed by atoms with Crippen molar-refractivity contribution in [3.63, 3.8) is 0 Å². The van der Waals surface area contributed by atoms with Crippen molar-refractivity contribution >= 4 is 34.5 Å². The Morgan fingerprint density at radius 1 is 1.24 bits per heavy atom. The van der Waals surface area contributed by atoms with Crippen LogP contribution in [-0.4, -0.2) is 29.6 Å². The van der Waals surface area contributed by atoms with E-state index in [9.17, 15) is 9.59 Å². The molecule has 0 aliphatic rings. The monoisotopic (exact) mass is 405 g/mol. The van der Waals surface area contributed by atoms with Gasteiger partial charge in [-0.15, -0.1) is 0 Å². The molecule has 0 aromatic heterocycles. The van der Waals surface area contributed by atoms with Gasteiger partial charge in [-0.25, -0.2) is 4.79 Å². The van der Waals surface area contributed by atoms with Crippen LogP contribution in [0.5, 0.6) is 5.75 Å². The molecule has 0 aliphatic heterocycles. The molecule has 0 radical (unpaired) electrons. The van der Waals surface area contributed by atoms with Gasteiger partial charge in [0.15, 0.2) is 0 Å². The predicted molar refractivity (Wildman–Crippen MR) is 88.4 cm³/mol. The number of likely N-dealkylation sites (N-methyl/N-ethyl adjacent to an activating group) is 1. The minimum absolute atomic E-state index is 0.143. The van der Waals surface area contributed by atoms with Gasteiger partial charge >= 0.3 is 11.9 Å². The second kappa shape index (κ2) is 8.99. The summed E-state index contributed by atoms with van der Waals surface area (Å²) in [6.07, 6.45) is 0.211. The minimum Gasteiger partial charge on any atom is -0.455 e. The first-order valence-corrected chi connectivity index (χ1v) is 8.20. The molecule has 1 rings (SSSR count). The van der Waals surface area contributed by atoms with Crippen molar-refractivity contribution in [2.24, 2.45) is 5.92 Å². The lowest BCUT2D eigenvalue weighted by Crippen LogP contribution is -2.41. The van der Waals surface area contributed by atoms with Gasteiger partial charge in [-0.1, -0.05) is 26.0 Å². The van der Waals surface area contributed by atoms with Gasteiger partial charge in [0.1, 0.15) is 16.4 Å². The van der Waals surface area contributed by atoms with E-state index in [4.69, 9.17) is 9.47 Å². The number of rotatable bonds is 7. The van der Waals surface area contributed by atoms with Crippen molar-refractivity contribution in [3.8, 4) is 5.75 Å². The third-order valence-electron chi connectivity index (χ3n) is 2.94. The van der Waals surface area contributed by atoms with Gasteiger partial charge in [0, 0.05) is 0 Å². The van der Waals surface area contributed by atoms with E-state index in [0.29, 0.717) is 10.4 Å². The van der Waals surface area contributed by atoms with Crippen LogP contribution in [-0.2, 0) is 20.7 Å². The molecule has 0 fully saturated rings. The quantitative estimate of drug-likeness (QED) is 0.327. The summed E-state index contributed by atoms with van der Waals surface area (Å²) in [6, 6.07) is 6.51. The van der Waals surface area contributed by atoms with E-state index < -0.39 is 0 Å². The maximum atomic E-state index is 12.0. The first kappa shape index (κ1) is 17.9. The Balaban J connectivity index is 2.62. The summed E-state index contributed by atoms with van der Waals surface area (Å²) in [5.74, 6) is 0.0190. The Morgan fingerprint density at radius 3 is 2.33 bits per heavy atom. The first-order valence-electron chi connectivity index (χ1n) is 6.67. The van der Waals surface area contributed by atoms with Gasteiger partial charge in [-0.05, 0) is 53.3 Å². The molecule has 0 amide bonds.